The number of aryl methyl sites for hydroxylation is 1. The van der Waals surface area contributed by atoms with Crippen LogP contribution in [0, 0.1) is 6.92 Å². The summed E-state index contributed by atoms with van der Waals surface area (Å²) in [6.45, 7) is 1.95. The summed E-state index contributed by atoms with van der Waals surface area (Å²) < 4.78 is 1.51. The summed E-state index contributed by atoms with van der Waals surface area (Å²) in [5, 5.41) is 24.7. The Kier molecular flexibility index (Phi) is 5.15. The van der Waals surface area contributed by atoms with E-state index < -0.39 is 11.8 Å². The number of amides is 2. The molecule has 0 aliphatic carbocycles. The first-order valence-corrected chi connectivity index (χ1v) is 6.67. The Labute approximate surface area is 126 Å². The molecule has 1 aromatic carbocycles. The zero-order valence-electron chi connectivity index (χ0n) is 12.0. The minimum Gasteiger partial charge on any atom is -0.396 e. The second-order valence-electron chi connectivity index (χ2n) is 4.48. The van der Waals surface area contributed by atoms with Gasteiger partial charge in [-0.3, -0.25) is 9.59 Å². The molecular formula is C13H16N6O3. The number of aliphatic hydroxyl groups is 1. The van der Waals surface area contributed by atoms with E-state index in [1.807, 2.05) is 0 Å². The molecule has 9 heteroatoms. The standard InChI is InChI=1S/C13H16N6O3/c1-9-16-17-18-19(9)11-5-2-4-10(8-11)15-13(22)12(21)14-6-3-7-20/h2,4-5,8,20H,3,6-7H2,1H3,(H,14,21)(H,15,22). The highest BCUT2D eigenvalue weighted by Gasteiger charge is 2.13. The third-order valence-corrected chi connectivity index (χ3v) is 2.80. The molecule has 2 amide bonds. The first kappa shape index (κ1) is 15.6. The maximum atomic E-state index is 11.7. The van der Waals surface area contributed by atoms with Gasteiger partial charge in [0.05, 0.1) is 5.69 Å². The maximum absolute atomic E-state index is 11.7. The van der Waals surface area contributed by atoms with E-state index in [-0.39, 0.29) is 13.2 Å². The quantitative estimate of drug-likeness (QED) is 0.501. The minimum absolute atomic E-state index is 0.0464. The van der Waals surface area contributed by atoms with Gasteiger partial charge in [0, 0.05) is 18.8 Å². The zero-order valence-corrected chi connectivity index (χ0v) is 12.0. The number of nitrogens with one attached hydrogen (secondary N) is 2. The fourth-order valence-electron chi connectivity index (χ4n) is 1.73. The van der Waals surface area contributed by atoms with E-state index in [2.05, 4.69) is 26.2 Å². The highest BCUT2D eigenvalue weighted by Crippen LogP contribution is 2.14. The molecule has 0 aliphatic heterocycles. The number of benzene rings is 1. The molecule has 0 aliphatic rings. The van der Waals surface area contributed by atoms with Crippen molar-refractivity contribution < 1.29 is 14.7 Å². The van der Waals surface area contributed by atoms with Crippen molar-refractivity contribution in [3.8, 4) is 5.69 Å². The predicted molar refractivity (Wildman–Crippen MR) is 77.2 cm³/mol. The lowest BCUT2D eigenvalue weighted by atomic mass is 10.2. The van der Waals surface area contributed by atoms with Gasteiger partial charge in [0.1, 0.15) is 0 Å². The monoisotopic (exact) mass is 304 g/mol. The molecule has 0 spiro atoms. The summed E-state index contributed by atoms with van der Waals surface area (Å²) in [7, 11) is 0. The van der Waals surface area contributed by atoms with Crippen LogP contribution in [0.25, 0.3) is 5.69 Å². The smallest absolute Gasteiger partial charge is 0.313 e. The molecule has 0 bridgehead atoms. The molecule has 0 atom stereocenters. The third-order valence-electron chi connectivity index (χ3n) is 2.80. The van der Waals surface area contributed by atoms with Crippen LogP contribution in [0.15, 0.2) is 24.3 Å². The number of carbonyl (C=O) groups is 2. The fraction of sp³-hybridized carbons (Fsp3) is 0.308. The second-order valence-corrected chi connectivity index (χ2v) is 4.48. The number of aromatic nitrogens is 4. The van der Waals surface area contributed by atoms with Crippen LogP contribution in [-0.4, -0.2) is 50.3 Å². The summed E-state index contributed by atoms with van der Waals surface area (Å²) in [6, 6.07) is 6.81. The Balaban J connectivity index is 2.03. The highest BCUT2D eigenvalue weighted by molar-refractivity contribution is 6.39. The van der Waals surface area contributed by atoms with Crippen LogP contribution < -0.4 is 10.6 Å². The molecule has 2 rings (SSSR count). The van der Waals surface area contributed by atoms with Crippen molar-refractivity contribution in [1.29, 1.82) is 0 Å². The lowest BCUT2D eigenvalue weighted by Crippen LogP contribution is -2.36. The number of tetrazole rings is 1. The van der Waals surface area contributed by atoms with Crippen molar-refractivity contribution in [2.24, 2.45) is 0 Å². The van der Waals surface area contributed by atoms with Gasteiger partial charge < -0.3 is 15.7 Å². The topological polar surface area (TPSA) is 122 Å². The normalized spacial score (nSPS) is 10.3. The van der Waals surface area contributed by atoms with Gasteiger partial charge >= 0.3 is 11.8 Å². The van der Waals surface area contributed by atoms with Gasteiger partial charge in [0.15, 0.2) is 5.82 Å². The fourth-order valence-corrected chi connectivity index (χ4v) is 1.73. The molecule has 0 radical (unpaired) electrons. The predicted octanol–water partition coefficient (Wildman–Crippen LogP) is -0.592. The Morgan fingerprint density at radius 1 is 1.32 bits per heavy atom. The first-order chi connectivity index (χ1) is 10.6. The average Bonchev–Trinajstić information content (AvgIpc) is 2.94. The van der Waals surface area contributed by atoms with Gasteiger partial charge in [-0.05, 0) is 42.0 Å². The van der Waals surface area contributed by atoms with E-state index in [1.165, 1.54) is 4.68 Å². The van der Waals surface area contributed by atoms with Gasteiger partial charge in [-0.1, -0.05) is 6.07 Å². The number of hydrogen-bond donors (Lipinski definition) is 3. The second kappa shape index (κ2) is 7.27. The molecule has 0 unspecified atom stereocenters. The molecule has 9 nitrogen and oxygen atoms in total. The molecule has 0 fully saturated rings. The number of nitrogens with zero attached hydrogens (tertiary/aromatic N) is 4. The van der Waals surface area contributed by atoms with Crippen LogP contribution >= 0.6 is 0 Å². The molecule has 3 N–H and O–H groups in total. The molecule has 1 heterocycles. The van der Waals surface area contributed by atoms with E-state index in [0.717, 1.165) is 0 Å². The summed E-state index contributed by atoms with van der Waals surface area (Å²) in [4.78, 5) is 23.3. The molecule has 2 aromatic rings. The number of carbonyl (C=O) groups excluding carboxylic acids is 2. The average molecular weight is 304 g/mol. The van der Waals surface area contributed by atoms with Crippen molar-refractivity contribution in [2.75, 3.05) is 18.5 Å². The SMILES string of the molecule is Cc1nnnn1-c1cccc(NC(=O)C(=O)NCCCO)c1. The minimum atomic E-state index is -0.775. The number of anilines is 1. The molecule has 1 aromatic heterocycles. The van der Waals surface area contributed by atoms with Crippen LogP contribution in [0.3, 0.4) is 0 Å². The zero-order chi connectivity index (χ0) is 15.9. The molecular weight excluding hydrogens is 288 g/mol. The van der Waals surface area contributed by atoms with E-state index in [9.17, 15) is 9.59 Å². The van der Waals surface area contributed by atoms with Crippen LogP contribution in [0.2, 0.25) is 0 Å². The van der Waals surface area contributed by atoms with E-state index in [4.69, 9.17) is 5.11 Å². The Morgan fingerprint density at radius 2 is 2.14 bits per heavy atom. The Bertz CT molecular complexity index is 669. The highest BCUT2D eigenvalue weighted by atomic mass is 16.3. The number of hydrogen-bond acceptors (Lipinski definition) is 6. The van der Waals surface area contributed by atoms with Crippen molar-refractivity contribution in [3.63, 3.8) is 0 Å². The summed E-state index contributed by atoms with van der Waals surface area (Å²) in [6.07, 6.45) is 0.396. The van der Waals surface area contributed by atoms with Gasteiger partial charge in [0.2, 0.25) is 0 Å². The summed E-state index contributed by atoms with van der Waals surface area (Å²) in [5.74, 6) is -0.925. The van der Waals surface area contributed by atoms with Gasteiger partial charge in [-0.15, -0.1) is 5.10 Å². The van der Waals surface area contributed by atoms with E-state index in [1.54, 1.807) is 31.2 Å². The first-order valence-electron chi connectivity index (χ1n) is 6.67. The van der Waals surface area contributed by atoms with E-state index >= 15 is 0 Å². The van der Waals surface area contributed by atoms with Gasteiger partial charge in [0.25, 0.3) is 0 Å². The van der Waals surface area contributed by atoms with Crippen LogP contribution in [0.4, 0.5) is 5.69 Å². The Morgan fingerprint density at radius 3 is 2.82 bits per heavy atom. The van der Waals surface area contributed by atoms with E-state index in [0.29, 0.717) is 23.6 Å². The summed E-state index contributed by atoms with van der Waals surface area (Å²) >= 11 is 0. The molecule has 0 saturated carbocycles. The lowest BCUT2D eigenvalue weighted by molar-refractivity contribution is -0.136. The van der Waals surface area contributed by atoms with Crippen molar-refractivity contribution in [2.45, 2.75) is 13.3 Å². The third kappa shape index (κ3) is 3.85. The van der Waals surface area contributed by atoms with Crippen LogP contribution in [-0.2, 0) is 9.59 Å². The lowest BCUT2D eigenvalue weighted by Gasteiger charge is -2.08. The van der Waals surface area contributed by atoms with Gasteiger partial charge in [-0.25, -0.2) is 0 Å². The van der Waals surface area contributed by atoms with Crippen molar-refractivity contribution in [3.05, 3.63) is 30.1 Å². The molecule has 22 heavy (non-hydrogen) atoms. The Hall–Kier alpha value is -2.81. The number of rotatable bonds is 5. The van der Waals surface area contributed by atoms with Crippen LogP contribution in [0.5, 0.6) is 0 Å². The largest absolute Gasteiger partial charge is 0.396 e. The molecule has 116 valence electrons. The molecule has 0 saturated heterocycles. The van der Waals surface area contributed by atoms with Crippen molar-refractivity contribution >= 4 is 17.5 Å². The summed E-state index contributed by atoms with van der Waals surface area (Å²) in [5.41, 5.74) is 1.12. The van der Waals surface area contributed by atoms with Crippen molar-refractivity contribution in [1.82, 2.24) is 25.5 Å². The maximum Gasteiger partial charge on any atom is 0.313 e. The van der Waals surface area contributed by atoms with Crippen LogP contribution in [0.1, 0.15) is 12.2 Å². The number of aliphatic hydroxyl groups excluding tert-OH is 1. The van der Waals surface area contributed by atoms with Gasteiger partial charge in [-0.2, -0.15) is 4.68 Å².